The van der Waals surface area contributed by atoms with Gasteiger partial charge in [-0.3, -0.25) is 9.59 Å². The summed E-state index contributed by atoms with van der Waals surface area (Å²) in [6.45, 7) is 0. The first-order valence-corrected chi connectivity index (χ1v) is 9.76. The van der Waals surface area contributed by atoms with Crippen molar-refractivity contribution in [1.29, 1.82) is 0 Å². The van der Waals surface area contributed by atoms with Crippen LogP contribution in [0, 0.1) is 0 Å². The number of carbonyl (C=O) groups is 2. The molecule has 0 radical (unpaired) electrons. The highest BCUT2D eigenvalue weighted by Crippen LogP contribution is 2.35. The molecule has 0 aliphatic heterocycles. The molecule has 0 aliphatic rings. The van der Waals surface area contributed by atoms with Crippen LogP contribution in [0.25, 0.3) is 10.1 Å². The van der Waals surface area contributed by atoms with Crippen LogP contribution >= 0.6 is 22.9 Å². The number of fused-ring (bicyclic) bond motifs is 1. The lowest BCUT2D eigenvalue weighted by Gasteiger charge is -2.05. The topological polar surface area (TPSA) is 83.7 Å². The van der Waals surface area contributed by atoms with E-state index in [2.05, 4.69) is 15.8 Å². The van der Waals surface area contributed by atoms with Crippen LogP contribution in [0.1, 0.15) is 25.8 Å². The Balaban J connectivity index is 1.41. The standard InChI is InChI=1S/C21H14ClN3O3S/c22-18-16-5-1-2-6-17(16)29-19(18)21(27)24-14-9-7-13(8-10-14)20(26)25-23-12-15-4-3-11-28-15/h1-12H,(H,24,27)(H,25,26)/b23-12-. The van der Waals surface area contributed by atoms with Crippen LogP contribution in [-0.2, 0) is 0 Å². The molecule has 2 aromatic carbocycles. The molecule has 2 amide bonds. The summed E-state index contributed by atoms with van der Waals surface area (Å²) in [5.41, 5.74) is 3.37. The van der Waals surface area contributed by atoms with Crippen LogP contribution in [0.15, 0.2) is 76.4 Å². The maximum Gasteiger partial charge on any atom is 0.271 e. The molecule has 0 spiro atoms. The first-order valence-electron chi connectivity index (χ1n) is 8.57. The Morgan fingerprint density at radius 1 is 1.00 bits per heavy atom. The van der Waals surface area contributed by atoms with E-state index in [1.165, 1.54) is 23.8 Å². The van der Waals surface area contributed by atoms with Crippen molar-refractivity contribution in [2.75, 3.05) is 5.32 Å². The van der Waals surface area contributed by atoms with E-state index in [1.807, 2.05) is 24.3 Å². The van der Waals surface area contributed by atoms with Gasteiger partial charge in [0, 0.05) is 21.3 Å². The van der Waals surface area contributed by atoms with Crippen molar-refractivity contribution < 1.29 is 14.0 Å². The Morgan fingerprint density at radius 3 is 2.52 bits per heavy atom. The molecule has 8 heteroatoms. The quantitative estimate of drug-likeness (QED) is 0.343. The monoisotopic (exact) mass is 423 g/mol. The number of halogens is 1. The molecule has 144 valence electrons. The number of thiophene rings is 1. The number of anilines is 1. The van der Waals surface area contributed by atoms with Crippen LogP contribution in [0.4, 0.5) is 5.69 Å². The Bertz CT molecular complexity index is 1200. The summed E-state index contributed by atoms with van der Waals surface area (Å²) in [5.74, 6) is -0.141. The number of carbonyl (C=O) groups excluding carboxylic acids is 2. The van der Waals surface area contributed by atoms with Crippen molar-refractivity contribution in [2.45, 2.75) is 0 Å². The number of benzene rings is 2. The molecule has 0 atom stereocenters. The lowest BCUT2D eigenvalue weighted by molar-refractivity contribution is 0.0954. The molecule has 0 saturated carbocycles. The fourth-order valence-corrected chi connectivity index (χ4v) is 4.05. The van der Waals surface area contributed by atoms with Crippen molar-refractivity contribution in [3.05, 3.63) is 88.2 Å². The Morgan fingerprint density at radius 2 is 1.79 bits per heavy atom. The summed E-state index contributed by atoms with van der Waals surface area (Å²) in [6, 6.07) is 17.5. The van der Waals surface area contributed by atoms with Gasteiger partial charge in [0.15, 0.2) is 0 Å². The van der Waals surface area contributed by atoms with E-state index in [0.717, 1.165) is 10.1 Å². The van der Waals surface area contributed by atoms with E-state index in [-0.39, 0.29) is 11.8 Å². The zero-order chi connectivity index (χ0) is 20.2. The molecule has 2 aromatic heterocycles. The fourth-order valence-electron chi connectivity index (χ4n) is 2.64. The predicted molar refractivity (Wildman–Crippen MR) is 115 cm³/mol. The van der Waals surface area contributed by atoms with Crippen molar-refractivity contribution in [2.24, 2.45) is 5.10 Å². The van der Waals surface area contributed by atoms with Crippen molar-refractivity contribution in [3.63, 3.8) is 0 Å². The second-order valence-electron chi connectivity index (χ2n) is 5.99. The second kappa shape index (κ2) is 8.30. The van der Waals surface area contributed by atoms with Crippen LogP contribution < -0.4 is 10.7 Å². The van der Waals surface area contributed by atoms with Gasteiger partial charge in [0.05, 0.1) is 17.5 Å². The molecule has 0 unspecified atom stereocenters. The predicted octanol–water partition coefficient (Wildman–Crippen LogP) is 5.16. The third-order valence-corrected chi connectivity index (χ3v) is 5.72. The lowest BCUT2D eigenvalue weighted by atomic mass is 10.2. The summed E-state index contributed by atoms with van der Waals surface area (Å²) >= 11 is 7.68. The fraction of sp³-hybridized carbons (Fsp3) is 0. The highest BCUT2D eigenvalue weighted by molar-refractivity contribution is 7.21. The summed E-state index contributed by atoms with van der Waals surface area (Å²) in [6.07, 6.45) is 2.92. The maximum absolute atomic E-state index is 12.6. The molecule has 29 heavy (non-hydrogen) atoms. The number of amides is 2. The molecule has 0 aliphatic carbocycles. The highest BCUT2D eigenvalue weighted by atomic mass is 35.5. The molecule has 4 rings (SSSR count). The van der Waals surface area contributed by atoms with Gasteiger partial charge in [-0.2, -0.15) is 5.10 Å². The number of nitrogens with one attached hydrogen (secondary N) is 2. The van der Waals surface area contributed by atoms with E-state index in [9.17, 15) is 9.59 Å². The van der Waals surface area contributed by atoms with Crippen LogP contribution in [0.3, 0.4) is 0 Å². The van der Waals surface area contributed by atoms with E-state index in [4.69, 9.17) is 16.0 Å². The van der Waals surface area contributed by atoms with Crippen molar-refractivity contribution >= 4 is 56.7 Å². The third kappa shape index (κ3) is 4.21. The minimum Gasteiger partial charge on any atom is -0.463 e. The lowest BCUT2D eigenvalue weighted by Crippen LogP contribution is -2.17. The van der Waals surface area contributed by atoms with Gasteiger partial charge in [-0.1, -0.05) is 29.8 Å². The Kier molecular flexibility index (Phi) is 5.41. The summed E-state index contributed by atoms with van der Waals surface area (Å²) in [4.78, 5) is 25.1. The smallest absolute Gasteiger partial charge is 0.271 e. The number of hydrogen-bond donors (Lipinski definition) is 2. The van der Waals surface area contributed by atoms with E-state index >= 15 is 0 Å². The SMILES string of the molecule is O=C(N/N=C\c1ccco1)c1ccc(NC(=O)c2sc3ccccc3c2Cl)cc1. The first-order chi connectivity index (χ1) is 14.1. The third-order valence-electron chi connectivity index (χ3n) is 4.05. The summed E-state index contributed by atoms with van der Waals surface area (Å²) < 4.78 is 6.04. The normalized spacial score (nSPS) is 11.1. The average molecular weight is 424 g/mol. The number of hydrogen-bond acceptors (Lipinski definition) is 5. The second-order valence-corrected chi connectivity index (χ2v) is 7.42. The maximum atomic E-state index is 12.6. The summed E-state index contributed by atoms with van der Waals surface area (Å²) in [7, 11) is 0. The molecule has 0 saturated heterocycles. The van der Waals surface area contributed by atoms with Gasteiger partial charge in [0.25, 0.3) is 11.8 Å². The Labute approximate surface area is 174 Å². The molecule has 0 bridgehead atoms. The zero-order valence-corrected chi connectivity index (χ0v) is 16.5. The van der Waals surface area contributed by atoms with Crippen LogP contribution in [0.2, 0.25) is 5.02 Å². The van der Waals surface area contributed by atoms with Gasteiger partial charge >= 0.3 is 0 Å². The highest BCUT2D eigenvalue weighted by Gasteiger charge is 2.17. The number of hydrazone groups is 1. The zero-order valence-electron chi connectivity index (χ0n) is 14.9. The molecule has 2 heterocycles. The molecular weight excluding hydrogens is 410 g/mol. The van der Waals surface area contributed by atoms with Gasteiger partial charge in [0.1, 0.15) is 10.6 Å². The minimum atomic E-state index is -0.377. The van der Waals surface area contributed by atoms with Gasteiger partial charge in [0.2, 0.25) is 0 Å². The first kappa shape index (κ1) is 18.9. The average Bonchev–Trinajstić information content (AvgIpc) is 3.37. The van der Waals surface area contributed by atoms with Crippen LogP contribution in [-0.4, -0.2) is 18.0 Å². The minimum absolute atomic E-state index is 0.295. The van der Waals surface area contributed by atoms with E-state index in [1.54, 1.807) is 36.4 Å². The molecule has 4 aromatic rings. The Hall–Kier alpha value is -3.42. The van der Waals surface area contributed by atoms with E-state index < -0.39 is 0 Å². The van der Waals surface area contributed by atoms with E-state index in [0.29, 0.717) is 26.9 Å². The molecule has 6 nitrogen and oxygen atoms in total. The van der Waals surface area contributed by atoms with Crippen LogP contribution in [0.5, 0.6) is 0 Å². The van der Waals surface area contributed by atoms with Crippen molar-refractivity contribution in [1.82, 2.24) is 5.43 Å². The van der Waals surface area contributed by atoms with Gasteiger partial charge in [-0.25, -0.2) is 5.43 Å². The summed E-state index contributed by atoms with van der Waals surface area (Å²) in [5, 5.41) is 7.92. The molecular formula is C21H14ClN3O3S. The number of rotatable bonds is 5. The van der Waals surface area contributed by atoms with Gasteiger partial charge < -0.3 is 9.73 Å². The van der Waals surface area contributed by atoms with Crippen molar-refractivity contribution in [3.8, 4) is 0 Å². The van der Waals surface area contributed by atoms with Gasteiger partial charge in [-0.05, 0) is 42.5 Å². The largest absolute Gasteiger partial charge is 0.463 e. The number of furan rings is 1. The number of nitrogens with zero attached hydrogens (tertiary/aromatic N) is 1. The molecule has 0 fully saturated rings. The molecule has 2 N–H and O–H groups in total. The van der Waals surface area contributed by atoms with Gasteiger partial charge in [-0.15, -0.1) is 11.3 Å².